The summed E-state index contributed by atoms with van der Waals surface area (Å²) < 4.78 is 11.5. The number of hydrogen-bond donors (Lipinski definition) is 1. The van der Waals surface area contributed by atoms with Gasteiger partial charge in [-0.15, -0.1) is 0 Å². The lowest BCUT2D eigenvalue weighted by Gasteiger charge is -2.21. The molecule has 23 heavy (non-hydrogen) atoms. The number of hydrogen-bond acceptors (Lipinski definition) is 3. The molecule has 0 saturated carbocycles. The first-order valence-corrected chi connectivity index (χ1v) is 9.74. The van der Waals surface area contributed by atoms with Crippen molar-refractivity contribution >= 4 is 22.2 Å². The zero-order chi connectivity index (χ0) is 16.2. The van der Waals surface area contributed by atoms with E-state index in [1.807, 2.05) is 12.1 Å². The molecule has 4 heteroatoms. The van der Waals surface area contributed by atoms with E-state index in [0.29, 0.717) is 0 Å². The normalized spacial score (nSPS) is 17.0. The van der Waals surface area contributed by atoms with Gasteiger partial charge in [0.15, 0.2) is 0 Å². The minimum Gasteiger partial charge on any atom is -0.378 e. The molecule has 1 aliphatic rings. The van der Waals surface area contributed by atoms with Crippen LogP contribution in [0.3, 0.4) is 0 Å². The Morgan fingerprint density at radius 2 is 1.78 bits per heavy atom. The minimum atomic E-state index is -0.919. The Bertz CT molecular complexity index is 678. The van der Waals surface area contributed by atoms with Gasteiger partial charge in [-0.2, -0.15) is 0 Å². The lowest BCUT2D eigenvalue weighted by molar-refractivity contribution is 0.686. The quantitative estimate of drug-likeness (QED) is 0.893. The zero-order valence-electron chi connectivity index (χ0n) is 13.8. The smallest absolute Gasteiger partial charge is 0.0498 e. The van der Waals surface area contributed by atoms with Crippen molar-refractivity contribution in [3.05, 3.63) is 54.1 Å². The molecule has 0 aliphatic carbocycles. The Hall–Kier alpha value is -1.81. The predicted molar refractivity (Wildman–Crippen MR) is 98.7 cm³/mol. The van der Waals surface area contributed by atoms with Gasteiger partial charge in [-0.25, -0.2) is 0 Å². The van der Waals surface area contributed by atoms with E-state index in [4.69, 9.17) is 0 Å². The topological polar surface area (TPSA) is 32.3 Å². The van der Waals surface area contributed by atoms with Gasteiger partial charge in [-0.1, -0.05) is 18.2 Å². The van der Waals surface area contributed by atoms with E-state index in [1.54, 1.807) is 6.26 Å². The number of rotatable bonds is 5. The fourth-order valence-electron chi connectivity index (χ4n) is 3.05. The number of nitrogens with one attached hydrogen (secondary N) is 1. The summed E-state index contributed by atoms with van der Waals surface area (Å²) in [4.78, 5) is 3.32. The van der Waals surface area contributed by atoms with Gasteiger partial charge < -0.3 is 10.2 Å². The molecule has 0 bridgehead atoms. The maximum Gasteiger partial charge on any atom is 0.0498 e. The molecule has 0 amide bonds. The molecule has 0 radical (unpaired) electrons. The highest BCUT2D eigenvalue weighted by atomic mass is 32.2. The first-order valence-electron chi connectivity index (χ1n) is 8.18. The molecule has 1 fully saturated rings. The van der Waals surface area contributed by atoms with Crippen LogP contribution in [0.5, 0.6) is 0 Å². The van der Waals surface area contributed by atoms with E-state index in [-0.39, 0.29) is 6.04 Å². The highest BCUT2D eigenvalue weighted by Crippen LogP contribution is 2.26. The average molecular weight is 328 g/mol. The van der Waals surface area contributed by atoms with Gasteiger partial charge in [0.25, 0.3) is 0 Å². The van der Waals surface area contributed by atoms with Crippen molar-refractivity contribution in [3.63, 3.8) is 0 Å². The van der Waals surface area contributed by atoms with Gasteiger partial charge in [0.05, 0.1) is 0 Å². The first kappa shape index (κ1) is 16.1. The molecule has 1 saturated heterocycles. The van der Waals surface area contributed by atoms with E-state index < -0.39 is 10.8 Å². The maximum atomic E-state index is 11.5. The SMILES string of the molecule is C[C@H](Nc1cccc(N2CCCC2)c1)c1ccc([S@](C)=O)cc1. The molecule has 3 nitrogen and oxygen atoms in total. The van der Waals surface area contributed by atoms with Crippen LogP contribution < -0.4 is 10.2 Å². The summed E-state index contributed by atoms with van der Waals surface area (Å²) in [6.45, 7) is 4.48. The van der Waals surface area contributed by atoms with Crippen LogP contribution >= 0.6 is 0 Å². The fourth-order valence-corrected chi connectivity index (χ4v) is 3.57. The van der Waals surface area contributed by atoms with Crippen molar-refractivity contribution in [2.75, 3.05) is 29.6 Å². The minimum absolute atomic E-state index is 0.211. The van der Waals surface area contributed by atoms with Gasteiger partial charge in [0.2, 0.25) is 0 Å². The monoisotopic (exact) mass is 328 g/mol. The lowest BCUT2D eigenvalue weighted by atomic mass is 10.1. The molecule has 0 aromatic heterocycles. The Labute approximate surface area is 141 Å². The average Bonchev–Trinajstić information content (AvgIpc) is 3.10. The van der Waals surface area contributed by atoms with Gasteiger partial charge in [0, 0.05) is 52.5 Å². The second-order valence-electron chi connectivity index (χ2n) is 6.13. The molecule has 122 valence electrons. The second kappa shape index (κ2) is 7.18. The number of benzene rings is 2. The van der Waals surface area contributed by atoms with Gasteiger partial charge in [-0.3, -0.25) is 4.21 Å². The van der Waals surface area contributed by atoms with Crippen LogP contribution in [0.4, 0.5) is 11.4 Å². The zero-order valence-corrected chi connectivity index (χ0v) is 14.6. The van der Waals surface area contributed by atoms with Crippen molar-refractivity contribution in [2.24, 2.45) is 0 Å². The number of nitrogens with zero attached hydrogens (tertiary/aromatic N) is 1. The molecular formula is C19H24N2OS. The van der Waals surface area contributed by atoms with E-state index in [1.165, 1.54) is 24.1 Å². The molecule has 2 aromatic carbocycles. The molecule has 0 spiro atoms. The molecule has 2 atom stereocenters. The Balaban J connectivity index is 1.70. The van der Waals surface area contributed by atoms with Gasteiger partial charge in [0.1, 0.15) is 0 Å². The van der Waals surface area contributed by atoms with Gasteiger partial charge >= 0.3 is 0 Å². The molecule has 1 N–H and O–H groups in total. The summed E-state index contributed by atoms with van der Waals surface area (Å²) in [5.74, 6) is 0. The van der Waals surface area contributed by atoms with Crippen LogP contribution in [0, 0.1) is 0 Å². The summed E-state index contributed by atoms with van der Waals surface area (Å²) >= 11 is 0. The third-order valence-corrected chi connectivity index (χ3v) is 5.35. The third kappa shape index (κ3) is 3.94. The molecular weight excluding hydrogens is 304 g/mol. The fraction of sp³-hybridized carbons (Fsp3) is 0.368. The highest BCUT2D eigenvalue weighted by Gasteiger charge is 2.13. The summed E-state index contributed by atoms with van der Waals surface area (Å²) in [5, 5.41) is 3.57. The lowest BCUT2D eigenvalue weighted by Crippen LogP contribution is -2.17. The Morgan fingerprint density at radius 1 is 1.09 bits per heavy atom. The van der Waals surface area contributed by atoms with Crippen molar-refractivity contribution in [1.29, 1.82) is 0 Å². The highest BCUT2D eigenvalue weighted by molar-refractivity contribution is 7.84. The summed E-state index contributed by atoms with van der Waals surface area (Å²) in [6, 6.07) is 16.9. The first-order chi connectivity index (χ1) is 11.1. The van der Waals surface area contributed by atoms with Crippen molar-refractivity contribution in [1.82, 2.24) is 0 Å². The predicted octanol–water partition coefficient (Wildman–Crippen LogP) is 4.20. The summed E-state index contributed by atoms with van der Waals surface area (Å²) in [7, 11) is -0.919. The maximum absolute atomic E-state index is 11.5. The van der Waals surface area contributed by atoms with Crippen LogP contribution in [0.25, 0.3) is 0 Å². The summed E-state index contributed by atoms with van der Waals surface area (Å²) in [6.07, 6.45) is 4.29. The van der Waals surface area contributed by atoms with E-state index in [0.717, 1.165) is 23.7 Å². The third-order valence-electron chi connectivity index (χ3n) is 4.41. The van der Waals surface area contributed by atoms with Gasteiger partial charge in [-0.05, 0) is 55.7 Å². The van der Waals surface area contributed by atoms with Crippen LogP contribution in [0.1, 0.15) is 31.4 Å². The molecule has 3 rings (SSSR count). The van der Waals surface area contributed by atoms with E-state index >= 15 is 0 Å². The van der Waals surface area contributed by atoms with Crippen molar-refractivity contribution in [2.45, 2.75) is 30.7 Å². The van der Waals surface area contributed by atoms with Crippen LogP contribution in [0.2, 0.25) is 0 Å². The standard InChI is InChI=1S/C19H24N2OS/c1-15(16-8-10-19(11-9-16)23(2)22)20-17-6-5-7-18(14-17)21-12-3-4-13-21/h5-11,14-15,20H,3-4,12-13H2,1-2H3/t15-,23-/m0/s1. The summed E-state index contributed by atoms with van der Waals surface area (Å²) in [5.41, 5.74) is 3.65. The molecule has 0 unspecified atom stereocenters. The molecule has 2 aromatic rings. The Kier molecular flexibility index (Phi) is 5.01. The Morgan fingerprint density at radius 3 is 2.43 bits per heavy atom. The van der Waals surface area contributed by atoms with E-state index in [2.05, 4.69) is 53.5 Å². The number of anilines is 2. The molecule has 1 aliphatic heterocycles. The van der Waals surface area contributed by atoms with Crippen LogP contribution in [0.15, 0.2) is 53.4 Å². The van der Waals surface area contributed by atoms with Crippen LogP contribution in [-0.2, 0) is 10.8 Å². The van der Waals surface area contributed by atoms with Crippen molar-refractivity contribution < 1.29 is 4.21 Å². The van der Waals surface area contributed by atoms with Crippen molar-refractivity contribution in [3.8, 4) is 0 Å². The molecule has 1 heterocycles. The largest absolute Gasteiger partial charge is 0.378 e. The van der Waals surface area contributed by atoms with Crippen LogP contribution in [-0.4, -0.2) is 23.6 Å². The second-order valence-corrected chi connectivity index (χ2v) is 7.51. The van der Waals surface area contributed by atoms with E-state index in [9.17, 15) is 4.21 Å².